The summed E-state index contributed by atoms with van der Waals surface area (Å²) < 4.78 is 0. The quantitative estimate of drug-likeness (QED) is 0.249. The lowest BCUT2D eigenvalue weighted by Crippen LogP contribution is -2.66. The van der Waals surface area contributed by atoms with Gasteiger partial charge in [0.2, 0.25) is 0 Å². The molecule has 34 heavy (non-hydrogen) atoms. The highest BCUT2D eigenvalue weighted by atomic mass is 16.4. The van der Waals surface area contributed by atoms with Crippen molar-refractivity contribution in [2.75, 3.05) is 0 Å². The van der Waals surface area contributed by atoms with E-state index in [9.17, 15) is 15.1 Å². The number of oxime groups is 1. The van der Waals surface area contributed by atoms with Crippen molar-refractivity contribution < 1.29 is 15.1 Å². The third-order valence-corrected chi connectivity index (χ3v) is 13.4. The van der Waals surface area contributed by atoms with Gasteiger partial charge in [0.1, 0.15) is 0 Å². The number of rotatable bonds is 2. The molecule has 5 rings (SSSR count). The highest BCUT2D eigenvalue weighted by Crippen LogP contribution is 2.77. The molecule has 0 heterocycles. The van der Waals surface area contributed by atoms with E-state index in [1.54, 1.807) is 0 Å². The molecule has 0 spiro atoms. The first-order valence-corrected chi connectivity index (χ1v) is 13.9. The third kappa shape index (κ3) is 2.72. The standard InChI is InChI=1S/C30H47NO3/c1-18(2)19-10-15-30(25(32)33)17-16-28(6)20(24(19)30)8-9-22-27(5)13-12-23(31-34)26(3,4)21(27)11-14-29(22,28)7/h19-22,24,34H,1,8-17H2,2-7H3,(H,32,33)/b31-23-/t19-,20+,21+,22+,24+,27-,28+,29+,30-/m0/s1. The Bertz CT molecular complexity index is 937. The molecule has 5 fully saturated rings. The van der Waals surface area contributed by atoms with Crippen LogP contribution in [0.15, 0.2) is 17.3 Å². The minimum absolute atomic E-state index is 0.0671. The van der Waals surface area contributed by atoms with Gasteiger partial charge in [-0.3, -0.25) is 4.79 Å². The monoisotopic (exact) mass is 469 g/mol. The Balaban J connectivity index is 1.56. The molecule has 0 saturated heterocycles. The fraction of sp³-hybridized carbons (Fsp3) is 0.867. The lowest BCUT2D eigenvalue weighted by Gasteiger charge is -2.72. The van der Waals surface area contributed by atoms with Crippen LogP contribution in [0.25, 0.3) is 0 Å². The molecular formula is C30H47NO3. The van der Waals surface area contributed by atoms with E-state index in [-0.39, 0.29) is 27.6 Å². The second kappa shape index (κ2) is 7.35. The van der Waals surface area contributed by atoms with Gasteiger partial charge in [-0.25, -0.2) is 0 Å². The van der Waals surface area contributed by atoms with Crippen molar-refractivity contribution in [2.24, 2.45) is 61.8 Å². The number of carboxylic acids is 1. The first-order valence-electron chi connectivity index (χ1n) is 13.9. The summed E-state index contributed by atoms with van der Waals surface area (Å²) in [7, 11) is 0. The number of aliphatic carboxylic acids is 1. The molecule has 4 nitrogen and oxygen atoms in total. The highest BCUT2D eigenvalue weighted by Gasteiger charge is 2.71. The van der Waals surface area contributed by atoms with Gasteiger partial charge in [-0.15, -0.1) is 0 Å². The molecule has 190 valence electrons. The lowest BCUT2D eigenvalue weighted by molar-refractivity contribution is -0.230. The number of allylic oxidation sites excluding steroid dienone is 1. The molecule has 0 aromatic heterocycles. The van der Waals surface area contributed by atoms with Crippen molar-refractivity contribution in [1.29, 1.82) is 0 Å². The Labute approximate surface area is 206 Å². The van der Waals surface area contributed by atoms with Gasteiger partial charge in [0.25, 0.3) is 0 Å². The molecule has 0 radical (unpaired) electrons. The molecule has 0 bridgehead atoms. The first-order chi connectivity index (χ1) is 15.8. The van der Waals surface area contributed by atoms with Crippen LogP contribution in [-0.2, 0) is 4.79 Å². The molecule has 9 atom stereocenters. The van der Waals surface area contributed by atoms with E-state index in [2.05, 4.69) is 53.3 Å². The van der Waals surface area contributed by atoms with Crippen LogP contribution in [0.5, 0.6) is 0 Å². The lowest BCUT2D eigenvalue weighted by atomic mass is 9.32. The van der Waals surface area contributed by atoms with E-state index in [0.717, 1.165) is 50.7 Å². The second-order valence-electron chi connectivity index (χ2n) is 14.4. The van der Waals surface area contributed by atoms with Gasteiger partial charge in [-0.05, 0) is 117 Å². The molecule has 0 aromatic carbocycles. The van der Waals surface area contributed by atoms with Gasteiger partial charge >= 0.3 is 5.97 Å². The zero-order valence-corrected chi connectivity index (χ0v) is 22.4. The number of carbonyl (C=O) groups is 1. The predicted molar refractivity (Wildman–Crippen MR) is 136 cm³/mol. The smallest absolute Gasteiger partial charge is 0.309 e. The molecule has 2 N–H and O–H groups in total. The van der Waals surface area contributed by atoms with Crippen molar-refractivity contribution >= 4 is 11.7 Å². The highest BCUT2D eigenvalue weighted by molar-refractivity contribution is 5.90. The van der Waals surface area contributed by atoms with Gasteiger partial charge in [0.15, 0.2) is 0 Å². The average molecular weight is 470 g/mol. The maximum absolute atomic E-state index is 12.8. The van der Waals surface area contributed by atoms with E-state index in [0.29, 0.717) is 23.7 Å². The number of hydrogen-bond acceptors (Lipinski definition) is 3. The summed E-state index contributed by atoms with van der Waals surface area (Å²) in [6.07, 6.45) is 10.5. The summed E-state index contributed by atoms with van der Waals surface area (Å²) in [6.45, 7) is 18.8. The first kappa shape index (κ1) is 24.4. The van der Waals surface area contributed by atoms with Gasteiger partial charge in [0.05, 0.1) is 11.1 Å². The molecule has 0 unspecified atom stereocenters. The largest absolute Gasteiger partial charge is 0.481 e. The third-order valence-electron chi connectivity index (χ3n) is 13.4. The minimum Gasteiger partial charge on any atom is -0.481 e. The van der Waals surface area contributed by atoms with Gasteiger partial charge in [-0.2, -0.15) is 0 Å². The van der Waals surface area contributed by atoms with Crippen LogP contribution < -0.4 is 0 Å². The number of carboxylic acid groups (broad SMARTS) is 1. The van der Waals surface area contributed by atoms with E-state index in [4.69, 9.17) is 0 Å². The second-order valence-corrected chi connectivity index (χ2v) is 14.4. The Morgan fingerprint density at radius 2 is 1.62 bits per heavy atom. The Kier molecular flexibility index (Phi) is 5.27. The number of fused-ring (bicyclic) bond motifs is 7. The number of nitrogens with zero attached hydrogens (tertiary/aromatic N) is 1. The Morgan fingerprint density at radius 1 is 0.912 bits per heavy atom. The zero-order valence-electron chi connectivity index (χ0n) is 22.4. The minimum atomic E-state index is -0.545. The topological polar surface area (TPSA) is 69.9 Å². The summed E-state index contributed by atoms with van der Waals surface area (Å²) in [6, 6.07) is 0. The van der Waals surface area contributed by atoms with Gasteiger partial charge < -0.3 is 10.3 Å². The molecule has 4 heteroatoms. The normalized spacial score (nSPS) is 52.8. The molecule has 5 saturated carbocycles. The zero-order chi connectivity index (χ0) is 24.9. The predicted octanol–water partition coefficient (Wildman–Crippen LogP) is 7.56. The molecule has 5 aliphatic rings. The molecule has 5 aliphatic carbocycles. The van der Waals surface area contributed by atoms with Crippen molar-refractivity contribution in [3.05, 3.63) is 12.2 Å². The fourth-order valence-electron chi connectivity index (χ4n) is 11.5. The van der Waals surface area contributed by atoms with Crippen LogP contribution in [0.4, 0.5) is 0 Å². The SMILES string of the molecule is C=C(C)[C@@H]1CC[C@]2(C(=O)O)CC[C@]3(C)[C@H](CC[C@@H]4[C@@]5(C)CC/C(=N/O)C(C)(C)[C@H]5CC[C@]43C)[C@@H]12. The van der Waals surface area contributed by atoms with Crippen molar-refractivity contribution in [3.8, 4) is 0 Å². The van der Waals surface area contributed by atoms with Crippen LogP contribution in [0.1, 0.15) is 106 Å². The van der Waals surface area contributed by atoms with E-state index >= 15 is 0 Å². The summed E-state index contributed by atoms with van der Waals surface area (Å²) >= 11 is 0. The number of hydrogen-bond donors (Lipinski definition) is 2. The van der Waals surface area contributed by atoms with E-state index < -0.39 is 11.4 Å². The Morgan fingerprint density at radius 3 is 2.24 bits per heavy atom. The van der Waals surface area contributed by atoms with Crippen molar-refractivity contribution in [2.45, 2.75) is 106 Å². The van der Waals surface area contributed by atoms with Gasteiger partial charge in [0, 0.05) is 5.41 Å². The molecule has 0 amide bonds. The molecule has 0 aromatic rings. The van der Waals surface area contributed by atoms with Crippen LogP contribution in [0.3, 0.4) is 0 Å². The summed E-state index contributed by atoms with van der Waals surface area (Å²) in [5.41, 5.74) is 2.20. The van der Waals surface area contributed by atoms with Crippen LogP contribution in [0.2, 0.25) is 0 Å². The maximum atomic E-state index is 12.8. The van der Waals surface area contributed by atoms with Crippen molar-refractivity contribution in [1.82, 2.24) is 0 Å². The van der Waals surface area contributed by atoms with Crippen LogP contribution in [0, 0.1) is 56.7 Å². The van der Waals surface area contributed by atoms with E-state index in [1.807, 2.05) is 0 Å². The Hall–Kier alpha value is -1.32. The summed E-state index contributed by atoms with van der Waals surface area (Å²) in [5.74, 6) is 1.69. The maximum Gasteiger partial charge on any atom is 0.309 e. The van der Waals surface area contributed by atoms with Crippen LogP contribution in [-0.4, -0.2) is 22.0 Å². The average Bonchev–Trinajstić information content (AvgIpc) is 3.15. The molecular weight excluding hydrogens is 422 g/mol. The van der Waals surface area contributed by atoms with Crippen LogP contribution >= 0.6 is 0 Å². The van der Waals surface area contributed by atoms with E-state index in [1.165, 1.54) is 24.8 Å². The molecule has 0 aliphatic heterocycles. The fourth-order valence-corrected chi connectivity index (χ4v) is 11.5. The van der Waals surface area contributed by atoms with Crippen molar-refractivity contribution in [3.63, 3.8) is 0 Å². The summed E-state index contributed by atoms with van der Waals surface area (Å²) in [5, 5.41) is 24.0. The summed E-state index contributed by atoms with van der Waals surface area (Å²) in [4.78, 5) is 12.8. The van der Waals surface area contributed by atoms with Gasteiger partial charge in [-0.1, -0.05) is 51.9 Å².